The maximum Gasteiger partial charge on any atom is 0.267 e. The molecule has 2 N–H and O–H groups in total. The number of pyridine rings is 1. The lowest BCUT2D eigenvalue weighted by Gasteiger charge is -2.35. The van der Waals surface area contributed by atoms with E-state index in [2.05, 4.69) is 25.5 Å². The Hall–Kier alpha value is -4.05. The highest BCUT2D eigenvalue weighted by molar-refractivity contribution is 7.17. The number of fused-ring (bicyclic) bond motifs is 1. The molecule has 5 aromatic rings. The molecule has 0 aliphatic heterocycles. The average Bonchev–Trinajstić information content (AvgIpc) is 3.57. The summed E-state index contributed by atoms with van der Waals surface area (Å²) in [5.41, 5.74) is 2.45. The minimum absolute atomic E-state index is 0.00153. The largest absolute Gasteiger partial charge is 0.492 e. The minimum Gasteiger partial charge on any atom is -0.492 e. The molecule has 4 aromatic heterocycles. The van der Waals surface area contributed by atoms with Gasteiger partial charge in [0.25, 0.3) is 5.91 Å². The number of aromatic amines is 1. The van der Waals surface area contributed by atoms with E-state index in [0.29, 0.717) is 53.9 Å². The van der Waals surface area contributed by atoms with Crippen LogP contribution in [0.25, 0.3) is 27.4 Å². The smallest absolute Gasteiger partial charge is 0.267 e. The number of rotatable bonds is 7. The van der Waals surface area contributed by atoms with Crippen LogP contribution in [0.1, 0.15) is 42.0 Å². The predicted octanol–water partition coefficient (Wildman–Crippen LogP) is 5.09. The van der Waals surface area contributed by atoms with Crippen LogP contribution in [0.4, 0.5) is 4.39 Å². The number of para-hydroxylation sites is 1. The first kappa shape index (κ1) is 22.4. The summed E-state index contributed by atoms with van der Waals surface area (Å²) in [6.07, 6.45) is 2.99. The van der Waals surface area contributed by atoms with Crippen LogP contribution in [0.3, 0.4) is 0 Å². The zero-order chi connectivity index (χ0) is 24.6. The van der Waals surface area contributed by atoms with E-state index in [1.807, 2.05) is 30.5 Å². The summed E-state index contributed by atoms with van der Waals surface area (Å²) >= 11 is 1.59. The topological polar surface area (TPSA) is 97.7 Å². The van der Waals surface area contributed by atoms with Gasteiger partial charge in [-0.05, 0) is 61.5 Å². The van der Waals surface area contributed by atoms with Gasteiger partial charge in [0.2, 0.25) is 0 Å². The van der Waals surface area contributed by atoms with Crippen molar-refractivity contribution in [3.63, 3.8) is 0 Å². The Morgan fingerprint density at radius 3 is 2.83 bits per heavy atom. The van der Waals surface area contributed by atoms with Gasteiger partial charge in [-0.3, -0.25) is 9.36 Å². The number of ether oxygens (including phenoxy) is 1. The molecule has 6 rings (SSSR count). The fourth-order valence-corrected chi connectivity index (χ4v) is 5.32. The van der Waals surface area contributed by atoms with Gasteiger partial charge in [0.1, 0.15) is 28.8 Å². The lowest BCUT2D eigenvalue weighted by atomic mass is 9.79. The predicted molar refractivity (Wildman–Crippen MR) is 135 cm³/mol. The molecule has 182 valence electrons. The van der Waals surface area contributed by atoms with Crippen LogP contribution < -0.4 is 10.1 Å². The third-order valence-electron chi connectivity index (χ3n) is 6.38. The van der Waals surface area contributed by atoms with Crippen molar-refractivity contribution >= 4 is 27.5 Å². The standard InChI is InChI=1S/C26H23FN6O2S/c1-2-35-17-7-8-20(28-14-17)25-32-31-24(33(25)22-6-4-3-5-18(22)27)15-11-16(12-15)29-26(34)21-13-23-19(30-21)9-10-36-23/h3-10,13-16,30H,2,11-12H2,1H3,(H,29,34)/t15-,16-. The van der Waals surface area contributed by atoms with Crippen molar-refractivity contribution in [1.29, 1.82) is 0 Å². The fourth-order valence-electron chi connectivity index (χ4n) is 4.54. The number of nitrogens with one attached hydrogen (secondary N) is 2. The number of hydrogen-bond acceptors (Lipinski definition) is 6. The number of carbonyl (C=O) groups excluding carboxylic acids is 1. The molecule has 0 saturated heterocycles. The molecule has 1 fully saturated rings. The van der Waals surface area contributed by atoms with Crippen molar-refractivity contribution in [3.05, 3.63) is 77.4 Å². The number of nitrogens with zero attached hydrogens (tertiary/aromatic N) is 4. The van der Waals surface area contributed by atoms with E-state index in [9.17, 15) is 9.18 Å². The van der Waals surface area contributed by atoms with Crippen molar-refractivity contribution < 1.29 is 13.9 Å². The van der Waals surface area contributed by atoms with E-state index >= 15 is 0 Å². The van der Waals surface area contributed by atoms with Crippen molar-refractivity contribution in [1.82, 2.24) is 30.0 Å². The lowest BCUT2D eigenvalue weighted by molar-refractivity contribution is 0.0903. The molecule has 1 amide bonds. The van der Waals surface area contributed by atoms with Crippen molar-refractivity contribution in [2.75, 3.05) is 6.61 Å². The first-order valence-electron chi connectivity index (χ1n) is 11.8. The molecule has 4 heterocycles. The van der Waals surface area contributed by atoms with Crippen molar-refractivity contribution in [3.8, 4) is 23.0 Å². The summed E-state index contributed by atoms with van der Waals surface area (Å²) < 4.78 is 23.2. The maximum atomic E-state index is 14.9. The molecule has 1 aromatic carbocycles. The Kier molecular flexibility index (Phi) is 5.73. The van der Waals surface area contributed by atoms with E-state index < -0.39 is 0 Å². The molecular weight excluding hydrogens is 479 g/mol. The molecule has 0 unspecified atom stereocenters. The maximum absolute atomic E-state index is 14.9. The Morgan fingerprint density at radius 2 is 2.08 bits per heavy atom. The molecule has 0 atom stereocenters. The number of aromatic nitrogens is 5. The fraction of sp³-hybridized carbons (Fsp3) is 0.231. The second-order valence-electron chi connectivity index (χ2n) is 8.70. The molecule has 36 heavy (non-hydrogen) atoms. The monoisotopic (exact) mass is 502 g/mol. The zero-order valence-electron chi connectivity index (χ0n) is 19.4. The number of amides is 1. The number of thiophene rings is 1. The van der Waals surface area contributed by atoms with Gasteiger partial charge in [0.05, 0.1) is 28.7 Å². The molecule has 8 nitrogen and oxygen atoms in total. The van der Waals surface area contributed by atoms with Crippen LogP contribution in [0.2, 0.25) is 0 Å². The summed E-state index contributed by atoms with van der Waals surface area (Å²) in [6, 6.07) is 14.0. The van der Waals surface area contributed by atoms with Crippen LogP contribution in [0.5, 0.6) is 5.75 Å². The minimum atomic E-state index is -0.373. The molecule has 1 aliphatic rings. The molecule has 10 heteroatoms. The number of halogens is 1. The van der Waals surface area contributed by atoms with Crippen LogP contribution in [0.15, 0.2) is 60.1 Å². The second kappa shape index (κ2) is 9.19. The highest BCUT2D eigenvalue weighted by atomic mass is 32.1. The van der Waals surface area contributed by atoms with Gasteiger partial charge in [-0.1, -0.05) is 12.1 Å². The molecule has 0 spiro atoms. The summed E-state index contributed by atoms with van der Waals surface area (Å²) in [5.74, 6) is 1.27. The van der Waals surface area contributed by atoms with E-state index in [0.717, 1.165) is 10.2 Å². The van der Waals surface area contributed by atoms with E-state index in [1.54, 1.807) is 46.4 Å². The highest BCUT2D eigenvalue weighted by Gasteiger charge is 2.36. The normalized spacial score (nSPS) is 17.2. The van der Waals surface area contributed by atoms with E-state index in [1.165, 1.54) is 6.07 Å². The quantitative estimate of drug-likeness (QED) is 0.323. The van der Waals surface area contributed by atoms with Crippen LogP contribution >= 0.6 is 11.3 Å². The third kappa shape index (κ3) is 4.03. The van der Waals surface area contributed by atoms with Crippen LogP contribution in [0, 0.1) is 5.82 Å². The Morgan fingerprint density at radius 1 is 1.22 bits per heavy atom. The molecule has 0 bridgehead atoms. The first-order chi connectivity index (χ1) is 17.6. The van der Waals surface area contributed by atoms with Gasteiger partial charge in [-0.25, -0.2) is 9.37 Å². The molecular formula is C26H23FN6O2S. The van der Waals surface area contributed by atoms with Gasteiger partial charge >= 0.3 is 0 Å². The van der Waals surface area contributed by atoms with Gasteiger partial charge in [0.15, 0.2) is 5.82 Å². The van der Waals surface area contributed by atoms with Gasteiger partial charge < -0.3 is 15.0 Å². The van der Waals surface area contributed by atoms with Crippen molar-refractivity contribution in [2.45, 2.75) is 31.7 Å². The number of H-pyrrole nitrogens is 1. The summed E-state index contributed by atoms with van der Waals surface area (Å²) in [4.78, 5) is 20.3. The second-order valence-corrected chi connectivity index (χ2v) is 9.65. The summed E-state index contributed by atoms with van der Waals surface area (Å²) in [6.45, 7) is 2.45. The van der Waals surface area contributed by atoms with E-state index in [-0.39, 0.29) is 23.7 Å². The zero-order valence-corrected chi connectivity index (χ0v) is 20.3. The lowest BCUT2D eigenvalue weighted by Crippen LogP contribution is -2.44. The van der Waals surface area contributed by atoms with E-state index in [4.69, 9.17) is 4.74 Å². The van der Waals surface area contributed by atoms with Gasteiger partial charge in [0, 0.05) is 12.0 Å². The third-order valence-corrected chi connectivity index (χ3v) is 7.24. The molecule has 0 radical (unpaired) electrons. The van der Waals surface area contributed by atoms with Crippen LogP contribution in [-0.4, -0.2) is 43.3 Å². The first-order valence-corrected chi connectivity index (χ1v) is 12.6. The SMILES string of the molecule is CCOc1ccc(-c2nnc([C@H]3C[C@H](NC(=O)c4cc5sccc5[nH]4)C3)n2-c2ccccc2F)nc1. The number of carbonyl (C=O) groups is 1. The molecule has 1 aliphatic carbocycles. The highest BCUT2D eigenvalue weighted by Crippen LogP contribution is 2.39. The molecule has 1 saturated carbocycles. The van der Waals surface area contributed by atoms with Gasteiger partial charge in [-0.2, -0.15) is 0 Å². The number of hydrogen-bond donors (Lipinski definition) is 2. The van der Waals surface area contributed by atoms with Crippen molar-refractivity contribution in [2.24, 2.45) is 0 Å². The Balaban J connectivity index is 1.25. The Labute approximate surface area is 210 Å². The van der Waals surface area contributed by atoms with Crippen LogP contribution in [-0.2, 0) is 0 Å². The summed E-state index contributed by atoms with van der Waals surface area (Å²) in [7, 11) is 0. The summed E-state index contributed by atoms with van der Waals surface area (Å²) in [5, 5.41) is 13.9. The number of benzene rings is 1. The average molecular weight is 503 g/mol. The Bertz CT molecular complexity index is 1510. The van der Waals surface area contributed by atoms with Gasteiger partial charge in [-0.15, -0.1) is 21.5 Å².